The van der Waals surface area contributed by atoms with Crippen LogP contribution in [0.1, 0.15) is 11.4 Å². The van der Waals surface area contributed by atoms with Gasteiger partial charge in [0.2, 0.25) is 11.6 Å². The van der Waals surface area contributed by atoms with E-state index in [2.05, 4.69) is 19.9 Å². The molecule has 1 aliphatic heterocycles. The van der Waals surface area contributed by atoms with E-state index in [0.29, 0.717) is 5.39 Å². The van der Waals surface area contributed by atoms with Crippen molar-refractivity contribution in [2.24, 2.45) is 0 Å². The molecule has 0 saturated heterocycles. The minimum Gasteiger partial charge on any atom is -0.454 e. The van der Waals surface area contributed by atoms with Gasteiger partial charge in [-0.2, -0.15) is 0 Å². The van der Waals surface area contributed by atoms with Gasteiger partial charge in [-0.1, -0.05) is 30.3 Å². The number of H-pyrrole nitrogens is 3. The number of furan rings is 1. The van der Waals surface area contributed by atoms with Gasteiger partial charge in [-0.3, -0.25) is 4.57 Å². The van der Waals surface area contributed by atoms with Crippen LogP contribution in [0.15, 0.2) is 77.2 Å². The van der Waals surface area contributed by atoms with Gasteiger partial charge in [0.15, 0.2) is 52.1 Å². The summed E-state index contributed by atoms with van der Waals surface area (Å²) in [5, 5.41) is 0.137. The molecule has 19 heteroatoms. The lowest BCUT2D eigenvalue weighted by Gasteiger charge is -2.10. The van der Waals surface area contributed by atoms with E-state index in [4.69, 9.17) is 4.42 Å². The molecule has 8 nitrogen and oxygen atoms in total. The van der Waals surface area contributed by atoms with Gasteiger partial charge in [0.25, 0.3) is 0 Å². The lowest BCUT2D eigenvalue weighted by molar-refractivity contribution is 0.381. The van der Waals surface area contributed by atoms with Crippen LogP contribution in [-0.4, -0.2) is 29.7 Å². The highest BCUT2D eigenvalue weighted by Crippen LogP contribution is 2.45. The minimum atomic E-state index is -4.93. The summed E-state index contributed by atoms with van der Waals surface area (Å²) in [6, 6.07) is 16.5. The van der Waals surface area contributed by atoms with Crippen molar-refractivity contribution in [3.63, 3.8) is 0 Å². The van der Waals surface area contributed by atoms with E-state index in [1.165, 1.54) is 72.8 Å². The molecule has 0 unspecified atom stereocenters. The maximum atomic E-state index is 15.8. The van der Waals surface area contributed by atoms with Crippen LogP contribution in [0.3, 0.4) is 0 Å². The summed E-state index contributed by atoms with van der Waals surface area (Å²) < 4.78 is 170. The maximum absolute atomic E-state index is 15.8. The Labute approximate surface area is 337 Å². The summed E-state index contributed by atoms with van der Waals surface area (Å²) in [4.78, 5) is 33.5. The van der Waals surface area contributed by atoms with E-state index in [0.717, 1.165) is 0 Å². The molecule has 6 heterocycles. The van der Waals surface area contributed by atoms with Gasteiger partial charge in [-0.05, 0) is 54.6 Å². The smallest absolute Gasteiger partial charge is 0.360 e. The van der Waals surface area contributed by atoms with Gasteiger partial charge in [-0.15, -0.1) is 0 Å². The number of halogens is 10. The molecule has 0 amide bonds. The number of aromatic amines is 3. The van der Waals surface area contributed by atoms with Crippen LogP contribution in [0.4, 0.5) is 43.9 Å². The van der Waals surface area contributed by atoms with Crippen LogP contribution in [0.2, 0.25) is 0 Å². The third-order valence-electron chi connectivity index (χ3n) is 10.6. The first-order valence-corrected chi connectivity index (χ1v) is 19.5. The Bertz CT molecular complexity index is 3620. The largest absolute Gasteiger partial charge is 0.454 e. The molecule has 4 aromatic carbocycles. The van der Waals surface area contributed by atoms with Crippen LogP contribution < -0.4 is 5.30 Å². The Hall–Kier alpha value is -7.14. The summed E-state index contributed by atoms with van der Waals surface area (Å²) in [6.07, 6.45) is 2.47. The van der Waals surface area contributed by atoms with Crippen molar-refractivity contribution in [3.05, 3.63) is 142 Å². The molecule has 0 aliphatic carbocycles. The fourth-order valence-electron chi connectivity index (χ4n) is 7.85. The van der Waals surface area contributed by atoms with E-state index in [9.17, 15) is 40.7 Å². The van der Waals surface area contributed by atoms with E-state index in [1.807, 2.05) is 0 Å². The zero-order chi connectivity index (χ0) is 43.7. The molecule has 0 fully saturated rings. The highest BCUT2D eigenvalue weighted by molar-refractivity contribution is 7.60. The molecule has 0 atom stereocenters. The van der Waals surface area contributed by atoms with E-state index in [1.54, 1.807) is 12.1 Å². The van der Waals surface area contributed by atoms with Crippen molar-refractivity contribution in [2.45, 2.75) is 0 Å². The first kappa shape index (κ1) is 39.0. The second-order valence-corrected chi connectivity index (χ2v) is 15.6. The zero-order valence-corrected chi connectivity index (χ0v) is 31.4. The predicted molar refractivity (Wildman–Crippen MR) is 210 cm³/mol. The molecule has 0 radical (unpaired) electrons. The van der Waals surface area contributed by atoms with E-state index >= 15 is 17.6 Å². The number of rotatable bonds is 4. The molecular weight excluding hydrogens is 857 g/mol. The van der Waals surface area contributed by atoms with Crippen molar-refractivity contribution < 1.29 is 62.7 Å². The number of benzene rings is 4. The summed E-state index contributed by atoms with van der Waals surface area (Å²) in [6.45, 7) is 0. The van der Waals surface area contributed by atoms with Crippen LogP contribution in [0.5, 0.6) is 0 Å². The molecule has 62 heavy (non-hydrogen) atoms. The third kappa shape index (κ3) is 5.63. The Morgan fingerprint density at radius 1 is 0.435 bits per heavy atom. The van der Waals surface area contributed by atoms with Gasteiger partial charge < -0.3 is 29.2 Å². The Balaban J connectivity index is 1.43. The SMILES string of the molecule is O=P(O)(O)c1cccc2c1oc1c(-c3c4ccc([nH]4)c(-c4c(F)c(F)c(F)c(F)c4F)c4nc(c5ccc([nH]5)c(-c5c(F)c(F)c(F)c(F)c5F)c5ccc3[nH]5)C=C4)cccc12. The van der Waals surface area contributed by atoms with Crippen molar-refractivity contribution in [3.8, 4) is 33.4 Å². The first-order chi connectivity index (χ1) is 29.5. The molecule has 9 aromatic rings. The fraction of sp³-hybridized carbons (Fsp3) is 0. The normalized spacial score (nSPS) is 12.5. The lowest BCUT2D eigenvalue weighted by Crippen LogP contribution is -2.05. The average molecular weight is 877 g/mol. The molecule has 8 bridgehead atoms. The van der Waals surface area contributed by atoms with Crippen LogP contribution in [0, 0.1) is 58.2 Å². The molecule has 0 saturated carbocycles. The second kappa shape index (κ2) is 13.7. The molecule has 5 aromatic heterocycles. The van der Waals surface area contributed by atoms with Crippen LogP contribution in [-0.2, 0) is 4.57 Å². The lowest BCUT2D eigenvalue weighted by atomic mass is 10.0. The van der Waals surface area contributed by atoms with Crippen molar-refractivity contribution >= 4 is 80.1 Å². The number of nitrogens with one attached hydrogen (secondary N) is 3. The predicted octanol–water partition coefficient (Wildman–Crippen LogP) is 11.8. The maximum Gasteiger partial charge on any atom is 0.360 e. The Kier molecular flexibility index (Phi) is 8.61. The van der Waals surface area contributed by atoms with Crippen molar-refractivity contribution in [1.82, 2.24) is 19.9 Å². The fourth-order valence-corrected chi connectivity index (χ4v) is 8.56. The Morgan fingerprint density at radius 3 is 1.37 bits per heavy atom. The van der Waals surface area contributed by atoms with Crippen molar-refractivity contribution in [2.75, 3.05) is 0 Å². The molecule has 5 N–H and O–H groups in total. The van der Waals surface area contributed by atoms with E-state index in [-0.39, 0.29) is 72.2 Å². The van der Waals surface area contributed by atoms with E-state index < -0.39 is 93.3 Å². The number of aromatic nitrogens is 4. The number of nitrogens with zero attached hydrogens (tertiary/aromatic N) is 1. The number of fused-ring (bicyclic) bond motifs is 12. The van der Waals surface area contributed by atoms with Crippen molar-refractivity contribution in [1.29, 1.82) is 0 Å². The van der Waals surface area contributed by atoms with Crippen LogP contribution >= 0.6 is 7.60 Å². The average Bonchev–Trinajstić information content (AvgIpc) is 4.11. The standard InChI is InChI=1S/C43H19F10N4O4P/c44-32-30(33(45)37(49)40(52)36(32)48)28-22-9-7-18(54-22)19-8-10-23(55-19)29(31-34(46)38(50)41(53)39(51)35(31)47)25-14-12-21(57-25)27(20-11-13-24(28)56-20)17-5-1-3-15-16-4-2-6-26(62(58,59)60)43(16)61-42(15)17/h1-14,54,56-57H,(H2,58,59,60). The van der Waals surface area contributed by atoms with Gasteiger partial charge in [0.1, 0.15) is 10.9 Å². The molecule has 310 valence electrons. The molecular formula is C43H19F10N4O4P. The third-order valence-corrected chi connectivity index (χ3v) is 11.6. The number of hydrogen-bond acceptors (Lipinski definition) is 3. The summed E-state index contributed by atoms with van der Waals surface area (Å²) in [7, 11) is -4.93. The summed E-state index contributed by atoms with van der Waals surface area (Å²) >= 11 is 0. The number of para-hydroxylation sites is 2. The monoisotopic (exact) mass is 876 g/mol. The van der Waals surface area contributed by atoms with Gasteiger partial charge in [0.05, 0.1) is 28.0 Å². The van der Waals surface area contributed by atoms with Gasteiger partial charge in [0, 0.05) is 60.6 Å². The quantitative estimate of drug-likeness (QED) is 0.0520. The summed E-state index contributed by atoms with van der Waals surface area (Å²) in [5.74, 6) is -22.5. The Morgan fingerprint density at radius 2 is 0.839 bits per heavy atom. The van der Waals surface area contributed by atoms with Gasteiger partial charge >= 0.3 is 7.60 Å². The minimum absolute atomic E-state index is 0.00732. The highest BCUT2D eigenvalue weighted by Gasteiger charge is 2.32. The van der Waals surface area contributed by atoms with Crippen LogP contribution in [0.25, 0.3) is 101 Å². The topological polar surface area (TPSA) is 131 Å². The molecule has 0 spiro atoms. The van der Waals surface area contributed by atoms with Gasteiger partial charge in [-0.25, -0.2) is 48.9 Å². The molecule has 10 rings (SSSR count). The first-order valence-electron chi connectivity index (χ1n) is 17.9. The highest BCUT2D eigenvalue weighted by atomic mass is 31.2. The number of hydrogen-bond donors (Lipinski definition) is 5. The zero-order valence-electron chi connectivity index (χ0n) is 30.5. The molecule has 1 aliphatic rings. The summed E-state index contributed by atoms with van der Waals surface area (Å²) in [5.41, 5.74) is -4.87. The second-order valence-electron chi connectivity index (χ2n) is 14.1.